The summed E-state index contributed by atoms with van der Waals surface area (Å²) in [6.45, 7) is 3.37. The molecule has 3 N–H and O–H groups in total. The van der Waals surface area contributed by atoms with Crippen molar-refractivity contribution in [2.45, 2.75) is 25.5 Å². The molecule has 1 rings (SSSR count). The first kappa shape index (κ1) is 14.6. The van der Waals surface area contributed by atoms with Crippen molar-refractivity contribution < 1.29 is 5.11 Å². The highest BCUT2D eigenvalue weighted by Gasteiger charge is 2.09. The van der Waals surface area contributed by atoms with E-state index in [2.05, 4.69) is 26.9 Å². The Morgan fingerprint density at radius 3 is 2.76 bits per heavy atom. The molecule has 3 nitrogen and oxygen atoms in total. The second-order valence-electron chi connectivity index (χ2n) is 4.56. The fraction of sp³-hybridized carbons (Fsp3) is 0.538. The Hall–Kier alpha value is -0.420. The monoisotopic (exact) mass is 300 g/mol. The normalized spacial score (nSPS) is 14.9. The number of nitrogens with two attached hydrogens (primary N) is 1. The molecular formula is C13H21BrN2O. The molecule has 0 amide bonds. The highest BCUT2D eigenvalue weighted by molar-refractivity contribution is 9.10. The molecule has 0 bridgehead atoms. The van der Waals surface area contributed by atoms with Gasteiger partial charge in [-0.05, 0) is 44.6 Å². The van der Waals surface area contributed by atoms with Crippen molar-refractivity contribution in [1.82, 2.24) is 4.90 Å². The lowest BCUT2D eigenvalue weighted by Crippen LogP contribution is -2.30. The van der Waals surface area contributed by atoms with Crippen molar-refractivity contribution in [1.29, 1.82) is 0 Å². The third-order valence-electron chi connectivity index (χ3n) is 2.67. The molecule has 0 spiro atoms. The number of likely N-dealkylation sites (N-methyl/N-ethyl adjacent to an activating group) is 1. The second kappa shape index (κ2) is 7.11. The van der Waals surface area contributed by atoms with Crippen molar-refractivity contribution in [3.63, 3.8) is 0 Å². The van der Waals surface area contributed by atoms with Crippen molar-refractivity contribution in [2.24, 2.45) is 5.73 Å². The average Bonchev–Trinajstić information content (AvgIpc) is 2.25. The van der Waals surface area contributed by atoms with Crippen molar-refractivity contribution in [2.75, 3.05) is 20.1 Å². The maximum absolute atomic E-state index is 9.26. The van der Waals surface area contributed by atoms with Crippen LogP contribution in [0.5, 0.6) is 0 Å². The predicted molar refractivity (Wildman–Crippen MR) is 74.9 cm³/mol. The summed E-state index contributed by atoms with van der Waals surface area (Å²) in [6, 6.07) is 8.14. The maximum atomic E-state index is 9.26. The van der Waals surface area contributed by atoms with E-state index in [4.69, 9.17) is 5.73 Å². The molecule has 0 aliphatic rings. The van der Waals surface area contributed by atoms with Crippen molar-refractivity contribution in [3.05, 3.63) is 34.3 Å². The number of aliphatic hydroxyl groups is 1. The molecule has 0 saturated heterocycles. The zero-order chi connectivity index (χ0) is 12.8. The van der Waals surface area contributed by atoms with Gasteiger partial charge < -0.3 is 15.7 Å². The summed E-state index contributed by atoms with van der Waals surface area (Å²) < 4.78 is 1.06. The molecule has 2 unspecified atom stereocenters. The summed E-state index contributed by atoms with van der Waals surface area (Å²) in [5.41, 5.74) is 7.28. The van der Waals surface area contributed by atoms with Gasteiger partial charge in [-0.2, -0.15) is 0 Å². The van der Waals surface area contributed by atoms with Crippen LogP contribution in [0.15, 0.2) is 28.7 Å². The number of halogens is 1. The zero-order valence-electron chi connectivity index (χ0n) is 10.4. The number of rotatable bonds is 6. The highest BCUT2D eigenvalue weighted by atomic mass is 79.9. The molecule has 17 heavy (non-hydrogen) atoms. The van der Waals surface area contributed by atoms with Crippen LogP contribution in [-0.4, -0.2) is 36.2 Å². The van der Waals surface area contributed by atoms with Crippen LogP contribution in [0.3, 0.4) is 0 Å². The van der Waals surface area contributed by atoms with Gasteiger partial charge in [-0.3, -0.25) is 0 Å². The molecule has 2 atom stereocenters. The fourth-order valence-corrected chi connectivity index (χ4v) is 2.22. The summed E-state index contributed by atoms with van der Waals surface area (Å²) in [5, 5.41) is 9.26. The van der Waals surface area contributed by atoms with E-state index in [1.807, 2.05) is 25.2 Å². The van der Waals surface area contributed by atoms with Gasteiger partial charge in [-0.1, -0.05) is 28.1 Å². The highest BCUT2D eigenvalue weighted by Crippen LogP contribution is 2.18. The van der Waals surface area contributed by atoms with Crippen LogP contribution in [-0.2, 0) is 0 Å². The van der Waals surface area contributed by atoms with Gasteiger partial charge in [0, 0.05) is 17.1 Å². The number of hydrogen-bond acceptors (Lipinski definition) is 3. The van der Waals surface area contributed by atoms with E-state index in [1.165, 1.54) is 0 Å². The minimum Gasteiger partial charge on any atom is -0.392 e. The largest absolute Gasteiger partial charge is 0.392 e. The topological polar surface area (TPSA) is 49.5 Å². The minimum atomic E-state index is -0.290. The summed E-state index contributed by atoms with van der Waals surface area (Å²) in [4.78, 5) is 2.10. The zero-order valence-corrected chi connectivity index (χ0v) is 12.0. The minimum absolute atomic E-state index is 0.0453. The second-order valence-corrected chi connectivity index (χ2v) is 5.48. The summed E-state index contributed by atoms with van der Waals surface area (Å²) in [7, 11) is 2.00. The molecule has 0 heterocycles. The number of nitrogens with zero attached hydrogens (tertiary/aromatic N) is 1. The van der Waals surface area contributed by atoms with Crippen LogP contribution in [0, 0.1) is 0 Å². The molecular weight excluding hydrogens is 280 g/mol. The van der Waals surface area contributed by atoms with E-state index in [1.54, 1.807) is 6.92 Å². The van der Waals surface area contributed by atoms with E-state index in [9.17, 15) is 5.11 Å². The van der Waals surface area contributed by atoms with Crippen molar-refractivity contribution >= 4 is 15.9 Å². The maximum Gasteiger partial charge on any atom is 0.0638 e. The summed E-state index contributed by atoms with van der Waals surface area (Å²) >= 11 is 3.44. The third-order valence-corrected chi connectivity index (χ3v) is 3.17. The van der Waals surface area contributed by atoms with E-state index in [0.29, 0.717) is 6.54 Å². The van der Waals surface area contributed by atoms with E-state index < -0.39 is 0 Å². The molecule has 1 aromatic carbocycles. The Balaban J connectivity index is 2.42. The van der Waals surface area contributed by atoms with Gasteiger partial charge in [0.15, 0.2) is 0 Å². The van der Waals surface area contributed by atoms with Crippen LogP contribution in [0.25, 0.3) is 0 Å². The molecule has 1 aromatic rings. The fourth-order valence-electron chi connectivity index (χ4n) is 1.81. The molecule has 0 aliphatic heterocycles. The summed E-state index contributed by atoms with van der Waals surface area (Å²) in [5.74, 6) is 0. The van der Waals surface area contributed by atoms with Gasteiger partial charge >= 0.3 is 0 Å². The van der Waals surface area contributed by atoms with E-state index in [-0.39, 0.29) is 12.1 Å². The molecule has 0 aromatic heterocycles. The molecule has 96 valence electrons. The van der Waals surface area contributed by atoms with Crippen LogP contribution >= 0.6 is 15.9 Å². The van der Waals surface area contributed by atoms with Crippen molar-refractivity contribution in [3.8, 4) is 0 Å². The van der Waals surface area contributed by atoms with Gasteiger partial charge in [-0.15, -0.1) is 0 Å². The first-order chi connectivity index (χ1) is 7.99. The SMILES string of the molecule is CC(O)CN(C)CCC(N)c1cccc(Br)c1. The average molecular weight is 301 g/mol. The van der Waals surface area contributed by atoms with Crippen LogP contribution in [0.1, 0.15) is 24.9 Å². The first-order valence-electron chi connectivity index (χ1n) is 5.86. The standard InChI is InChI=1S/C13H21BrN2O/c1-10(17)9-16(2)7-6-13(15)11-4-3-5-12(14)8-11/h3-5,8,10,13,17H,6-7,9,15H2,1-2H3. The Kier molecular flexibility index (Phi) is 6.12. The number of benzene rings is 1. The van der Waals surface area contributed by atoms with Gasteiger partial charge in [-0.25, -0.2) is 0 Å². The van der Waals surface area contributed by atoms with E-state index >= 15 is 0 Å². The van der Waals surface area contributed by atoms with Gasteiger partial charge in [0.25, 0.3) is 0 Å². The van der Waals surface area contributed by atoms with Crippen LogP contribution in [0.4, 0.5) is 0 Å². The smallest absolute Gasteiger partial charge is 0.0638 e. The molecule has 0 radical (unpaired) electrons. The van der Waals surface area contributed by atoms with Gasteiger partial charge in [0.2, 0.25) is 0 Å². The Morgan fingerprint density at radius 1 is 1.47 bits per heavy atom. The third kappa shape index (κ3) is 5.64. The Labute approximate surface area is 112 Å². The molecule has 0 aliphatic carbocycles. The lowest BCUT2D eigenvalue weighted by atomic mass is 10.0. The Morgan fingerprint density at radius 2 is 2.18 bits per heavy atom. The lowest BCUT2D eigenvalue weighted by Gasteiger charge is -2.20. The Bertz CT molecular complexity index is 344. The first-order valence-corrected chi connectivity index (χ1v) is 6.66. The van der Waals surface area contributed by atoms with E-state index in [0.717, 1.165) is 23.0 Å². The number of aliphatic hydroxyl groups excluding tert-OH is 1. The quantitative estimate of drug-likeness (QED) is 0.846. The lowest BCUT2D eigenvalue weighted by molar-refractivity contribution is 0.139. The number of hydrogen-bond donors (Lipinski definition) is 2. The van der Waals surface area contributed by atoms with Gasteiger partial charge in [0.1, 0.15) is 0 Å². The summed E-state index contributed by atoms with van der Waals surface area (Å²) in [6.07, 6.45) is 0.599. The molecule has 0 saturated carbocycles. The van der Waals surface area contributed by atoms with Gasteiger partial charge in [0.05, 0.1) is 6.10 Å². The molecule has 4 heteroatoms. The van der Waals surface area contributed by atoms with Crippen LogP contribution < -0.4 is 5.73 Å². The van der Waals surface area contributed by atoms with Crippen LogP contribution in [0.2, 0.25) is 0 Å². The molecule has 0 fully saturated rings. The predicted octanol–water partition coefficient (Wildman–Crippen LogP) is 2.15.